The average molecular weight is 262 g/mol. The number of benzene rings is 1. The minimum Gasteiger partial charge on any atom is -0.496 e. The maximum atomic E-state index is 6.60. The van der Waals surface area contributed by atoms with E-state index in [9.17, 15) is 0 Å². The van der Waals surface area contributed by atoms with E-state index < -0.39 is 0 Å². The molecule has 1 aromatic carbocycles. The van der Waals surface area contributed by atoms with E-state index in [4.69, 9.17) is 10.5 Å². The molecule has 3 heteroatoms. The number of hydrogen-bond acceptors (Lipinski definition) is 3. The number of aryl methyl sites for hydroxylation is 1. The Morgan fingerprint density at radius 1 is 1.32 bits per heavy atom. The Morgan fingerprint density at radius 3 is 2.42 bits per heavy atom. The monoisotopic (exact) mass is 262 g/mol. The molecule has 1 atom stereocenters. The predicted molar refractivity (Wildman–Crippen MR) is 79.7 cm³/mol. The first-order valence-electron chi connectivity index (χ1n) is 7.01. The Labute approximate surface area is 116 Å². The molecule has 1 aliphatic carbocycles. The van der Waals surface area contributed by atoms with Crippen molar-refractivity contribution in [3.05, 3.63) is 28.3 Å². The van der Waals surface area contributed by atoms with Gasteiger partial charge in [-0.2, -0.15) is 0 Å². The van der Waals surface area contributed by atoms with Crippen molar-refractivity contribution in [2.45, 2.75) is 39.7 Å². The van der Waals surface area contributed by atoms with Crippen LogP contribution in [0.15, 0.2) is 6.07 Å². The van der Waals surface area contributed by atoms with Gasteiger partial charge in [0.25, 0.3) is 0 Å². The molecule has 0 spiro atoms. The molecule has 19 heavy (non-hydrogen) atoms. The predicted octanol–water partition coefficient (Wildman–Crippen LogP) is 2.62. The van der Waals surface area contributed by atoms with Crippen molar-refractivity contribution in [3.63, 3.8) is 0 Å². The number of nitrogens with one attached hydrogen (secondary N) is 1. The largest absolute Gasteiger partial charge is 0.496 e. The highest BCUT2D eigenvalue weighted by atomic mass is 16.5. The quantitative estimate of drug-likeness (QED) is 0.857. The van der Waals surface area contributed by atoms with Crippen LogP contribution in [0.5, 0.6) is 5.75 Å². The van der Waals surface area contributed by atoms with Gasteiger partial charge in [0.15, 0.2) is 0 Å². The smallest absolute Gasteiger partial charge is 0.122 e. The van der Waals surface area contributed by atoms with Gasteiger partial charge in [0.1, 0.15) is 5.75 Å². The van der Waals surface area contributed by atoms with Gasteiger partial charge < -0.3 is 15.8 Å². The third-order valence-electron chi connectivity index (χ3n) is 4.72. The molecular formula is C16H26N2O. The van der Waals surface area contributed by atoms with E-state index in [1.165, 1.54) is 35.1 Å². The van der Waals surface area contributed by atoms with Crippen molar-refractivity contribution in [2.24, 2.45) is 11.1 Å². The van der Waals surface area contributed by atoms with Gasteiger partial charge in [-0.15, -0.1) is 0 Å². The van der Waals surface area contributed by atoms with Crippen molar-refractivity contribution in [2.75, 3.05) is 20.7 Å². The van der Waals surface area contributed by atoms with Crippen LogP contribution in [0.4, 0.5) is 0 Å². The lowest BCUT2D eigenvalue weighted by atomic mass is 9.84. The van der Waals surface area contributed by atoms with Crippen LogP contribution in [-0.2, 0) is 0 Å². The van der Waals surface area contributed by atoms with Gasteiger partial charge >= 0.3 is 0 Å². The molecule has 0 aromatic heterocycles. The van der Waals surface area contributed by atoms with Gasteiger partial charge in [-0.1, -0.05) is 0 Å². The molecule has 0 bridgehead atoms. The summed E-state index contributed by atoms with van der Waals surface area (Å²) in [5.41, 5.74) is 11.9. The maximum Gasteiger partial charge on any atom is 0.122 e. The molecule has 3 nitrogen and oxygen atoms in total. The summed E-state index contributed by atoms with van der Waals surface area (Å²) in [6.45, 7) is 7.41. The highest BCUT2D eigenvalue weighted by Gasteiger charge is 2.48. The van der Waals surface area contributed by atoms with E-state index in [0.29, 0.717) is 0 Å². The first-order valence-corrected chi connectivity index (χ1v) is 7.01. The fourth-order valence-corrected chi connectivity index (χ4v) is 3.17. The lowest BCUT2D eigenvalue weighted by molar-refractivity contribution is 0.387. The summed E-state index contributed by atoms with van der Waals surface area (Å²) in [7, 11) is 3.73. The van der Waals surface area contributed by atoms with Gasteiger partial charge in [0, 0.05) is 18.0 Å². The van der Waals surface area contributed by atoms with E-state index in [0.717, 1.165) is 12.3 Å². The van der Waals surface area contributed by atoms with E-state index in [1.807, 2.05) is 7.05 Å². The Hall–Kier alpha value is -1.06. The molecule has 0 saturated heterocycles. The molecule has 1 saturated carbocycles. The van der Waals surface area contributed by atoms with Crippen molar-refractivity contribution in [3.8, 4) is 5.75 Å². The standard InChI is InChI=1S/C16H26N2O/c1-10-8-13(19-5)11(2)12(3)14(10)15(17)16(6-7-16)9-18-4/h8,15,18H,6-7,9,17H2,1-5H3. The average Bonchev–Trinajstić information content (AvgIpc) is 3.15. The second-order valence-electron chi connectivity index (χ2n) is 5.93. The normalized spacial score (nSPS) is 18.2. The molecule has 0 aliphatic heterocycles. The number of rotatable bonds is 5. The molecule has 0 radical (unpaired) electrons. The summed E-state index contributed by atoms with van der Waals surface area (Å²) in [6, 6.07) is 2.23. The summed E-state index contributed by atoms with van der Waals surface area (Å²) in [5, 5.41) is 3.29. The van der Waals surface area contributed by atoms with Crippen LogP contribution in [0.1, 0.15) is 41.1 Å². The molecule has 1 unspecified atom stereocenters. The second kappa shape index (κ2) is 5.14. The lowest BCUT2D eigenvalue weighted by Gasteiger charge is -2.28. The van der Waals surface area contributed by atoms with Crippen LogP contribution in [0.3, 0.4) is 0 Å². The van der Waals surface area contributed by atoms with Crippen LogP contribution in [0.25, 0.3) is 0 Å². The Kier molecular flexibility index (Phi) is 3.88. The highest BCUT2D eigenvalue weighted by Crippen LogP contribution is 2.54. The van der Waals surface area contributed by atoms with E-state index in [1.54, 1.807) is 7.11 Å². The Balaban J connectivity index is 2.43. The van der Waals surface area contributed by atoms with Crippen LogP contribution in [-0.4, -0.2) is 20.7 Å². The summed E-state index contributed by atoms with van der Waals surface area (Å²) < 4.78 is 5.44. The molecule has 1 fully saturated rings. The molecule has 3 N–H and O–H groups in total. The minimum absolute atomic E-state index is 0.115. The number of methoxy groups -OCH3 is 1. The molecular weight excluding hydrogens is 236 g/mol. The Morgan fingerprint density at radius 2 is 1.95 bits per heavy atom. The number of nitrogens with two attached hydrogens (primary N) is 1. The molecule has 0 amide bonds. The zero-order valence-electron chi connectivity index (χ0n) is 12.8. The third kappa shape index (κ3) is 2.37. The summed E-state index contributed by atoms with van der Waals surface area (Å²) in [6.07, 6.45) is 2.44. The van der Waals surface area contributed by atoms with Crippen molar-refractivity contribution >= 4 is 0 Å². The molecule has 0 heterocycles. The summed E-state index contributed by atoms with van der Waals surface area (Å²) in [5.74, 6) is 0.962. The topological polar surface area (TPSA) is 47.3 Å². The van der Waals surface area contributed by atoms with Gasteiger partial charge in [-0.25, -0.2) is 0 Å². The van der Waals surface area contributed by atoms with Gasteiger partial charge in [-0.05, 0) is 69.0 Å². The molecule has 1 aromatic rings. The van der Waals surface area contributed by atoms with Crippen LogP contribution in [0.2, 0.25) is 0 Å². The Bertz CT molecular complexity index is 478. The zero-order chi connectivity index (χ0) is 14.2. The number of ether oxygens (including phenoxy) is 1. The van der Waals surface area contributed by atoms with E-state index in [-0.39, 0.29) is 11.5 Å². The van der Waals surface area contributed by atoms with Gasteiger partial charge in [0.05, 0.1) is 7.11 Å². The molecule has 1 aliphatic rings. The zero-order valence-corrected chi connectivity index (χ0v) is 12.8. The fraction of sp³-hybridized carbons (Fsp3) is 0.625. The minimum atomic E-state index is 0.115. The first kappa shape index (κ1) is 14.4. The van der Waals surface area contributed by atoms with E-state index in [2.05, 4.69) is 32.2 Å². The SMILES string of the molecule is CNCC1(C(N)c2c(C)cc(OC)c(C)c2C)CC1. The number of hydrogen-bond donors (Lipinski definition) is 2. The van der Waals surface area contributed by atoms with Crippen LogP contribution < -0.4 is 15.8 Å². The van der Waals surface area contributed by atoms with Gasteiger partial charge in [-0.3, -0.25) is 0 Å². The third-order valence-corrected chi connectivity index (χ3v) is 4.72. The first-order chi connectivity index (χ1) is 8.96. The highest BCUT2D eigenvalue weighted by molar-refractivity contribution is 5.50. The molecule has 2 rings (SSSR count). The van der Waals surface area contributed by atoms with E-state index >= 15 is 0 Å². The van der Waals surface area contributed by atoms with Crippen LogP contribution in [0, 0.1) is 26.2 Å². The lowest BCUT2D eigenvalue weighted by Crippen LogP contribution is -2.32. The van der Waals surface area contributed by atoms with Crippen molar-refractivity contribution in [1.29, 1.82) is 0 Å². The maximum absolute atomic E-state index is 6.60. The van der Waals surface area contributed by atoms with Gasteiger partial charge in [0.2, 0.25) is 0 Å². The van der Waals surface area contributed by atoms with Crippen molar-refractivity contribution < 1.29 is 4.74 Å². The summed E-state index contributed by atoms with van der Waals surface area (Å²) in [4.78, 5) is 0. The summed E-state index contributed by atoms with van der Waals surface area (Å²) >= 11 is 0. The van der Waals surface area contributed by atoms with Crippen LogP contribution >= 0.6 is 0 Å². The second-order valence-corrected chi connectivity index (χ2v) is 5.93. The molecule has 106 valence electrons. The fourth-order valence-electron chi connectivity index (χ4n) is 3.17. The van der Waals surface area contributed by atoms with Crippen molar-refractivity contribution in [1.82, 2.24) is 5.32 Å².